The topological polar surface area (TPSA) is 70.5 Å². The fourth-order valence-corrected chi connectivity index (χ4v) is 3.60. The van der Waals surface area contributed by atoms with E-state index >= 15 is 0 Å². The van der Waals surface area contributed by atoms with Gasteiger partial charge in [0.2, 0.25) is 0 Å². The highest BCUT2D eigenvalue weighted by atomic mass is 16.5. The number of hydrogen-bond donors (Lipinski definition) is 0. The van der Waals surface area contributed by atoms with Crippen molar-refractivity contribution in [3.8, 4) is 0 Å². The highest BCUT2D eigenvalue weighted by Gasteiger charge is 2.31. The normalized spacial score (nSPS) is 20.5. The maximum Gasteiger partial charge on any atom is 0.0752 e. The molecule has 0 radical (unpaired) electrons. The van der Waals surface area contributed by atoms with Gasteiger partial charge in [-0.25, -0.2) is 0 Å². The zero-order valence-corrected chi connectivity index (χ0v) is 16.4. The Morgan fingerprint density at radius 2 is 1.79 bits per heavy atom. The van der Waals surface area contributed by atoms with Crippen LogP contribution in [0.5, 0.6) is 0 Å². The van der Waals surface area contributed by atoms with E-state index in [4.69, 9.17) is 15.0 Å². The maximum atomic E-state index is 8.64. The molecular formula is C22H28N4O2. The molecule has 0 amide bonds. The van der Waals surface area contributed by atoms with Crippen LogP contribution in [0.2, 0.25) is 0 Å². The van der Waals surface area contributed by atoms with Crippen LogP contribution in [-0.2, 0) is 22.6 Å². The van der Waals surface area contributed by atoms with E-state index < -0.39 is 0 Å². The van der Waals surface area contributed by atoms with E-state index in [9.17, 15) is 0 Å². The van der Waals surface area contributed by atoms with E-state index in [0.29, 0.717) is 19.8 Å². The predicted molar refractivity (Wildman–Crippen MR) is 110 cm³/mol. The Kier molecular flexibility index (Phi) is 7.88. The van der Waals surface area contributed by atoms with Crippen molar-refractivity contribution in [1.82, 2.24) is 4.90 Å². The van der Waals surface area contributed by atoms with Crippen molar-refractivity contribution in [3.05, 3.63) is 82.2 Å². The quantitative estimate of drug-likeness (QED) is 0.364. The molecule has 0 spiro atoms. The van der Waals surface area contributed by atoms with Gasteiger partial charge in [0.15, 0.2) is 0 Å². The van der Waals surface area contributed by atoms with Gasteiger partial charge in [-0.1, -0.05) is 65.8 Å². The van der Waals surface area contributed by atoms with Crippen molar-refractivity contribution in [2.45, 2.75) is 44.2 Å². The fourth-order valence-electron chi connectivity index (χ4n) is 3.60. The van der Waals surface area contributed by atoms with Crippen molar-refractivity contribution in [1.29, 1.82) is 0 Å². The smallest absolute Gasteiger partial charge is 0.0752 e. The summed E-state index contributed by atoms with van der Waals surface area (Å²) in [6.45, 7) is 2.49. The van der Waals surface area contributed by atoms with Crippen molar-refractivity contribution in [2.75, 3.05) is 20.3 Å². The van der Waals surface area contributed by atoms with Crippen molar-refractivity contribution in [2.24, 2.45) is 5.11 Å². The van der Waals surface area contributed by atoms with Crippen LogP contribution >= 0.6 is 0 Å². The van der Waals surface area contributed by atoms with Gasteiger partial charge in [0.1, 0.15) is 0 Å². The zero-order chi connectivity index (χ0) is 19.6. The second-order valence-electron chi connectivity index (χ2n) is 7.28. The van der Waals surface area contributed by atoms with Gasteiger partial charge in [-0.2, -0.15) is 0 Å². The third-order valence-corrected chi connectivity index (χ3v) is 5.17. The molecule has 1 heterocycles. The molecule has 1 aliphatic rings. The fraction of sp³-hybridized carbons (Fsp3) is 0.455. The Labute approximate surface area is 166 Å². The van der Waals surface area contributed by atoms with Crippen LogP contribution in [0.15, 0.2) is 65.8 Å². The van der Waals surface area contributed by atoms with Crippen LogP contribution in [0.25, 0.3) is 10.4 Å². The summed E-state index contributed by atoms with van der Waals surface area (Å²) in [4.78, 5) is 5.22. The molecule has 1 saturated heterocycles. The number of likely N-dealkylation sites (N-methyl/N-ethyl adjacent to an activating group) is 1. The number of ether oxygens (including phenoxy) is 2. The van der Waals surface area contributed by atoms with E-state index in [0.717, 1.165) is 19.4 Å². The van der Waals surface area contributed by atoms with Crippen LogP contribution in [0.3, 0.4) is 0 Å². The molecule has 1 fully saturated rings. The zero-order valence-electron chi connectivity index (χ0n) is 16.4. The molecule has 0 aliphatic carbocycles. The molecule has 6 nitrogen and oxygen atoms in total. The Morgan fingerprint density at radius 3 is 2.39 bits per heavy atom. The highest BCUT2D eigenvalue weighted by Crippen LogP contribution is 2.23. The van der Waals surface area contributed by atoms with E-state index in [1.165, 1.54) is 11.1 Å². The van der Waals surface area contributed by atoms with Crippen molar-refractivity contribution < 1.29 is 9.47 Å². The standard InChI is InChI=1S/C22H28N4O2/c1-26(14-18-8-4-2-5-9-18)21(17-27-15-19-10-6-3-7-11-19)22-13-12-20(16-28-22)24-25-23/h2-11,20-22H,12-17H2,1H3/t20?,21-,22+/m1/s1. The minimum atomic E-state index is -0.0634. The second-order valence-corrected chi connectivity index (χ2v) is 7.28. The third-order valence-electron chi connectivity index (χ3n) is 5.17. The first-order valence-electron chi connectivity index (χ1n) is 9.78. The maximum absolute atomic E-state index is 8.64. The summed E-state index contributed by atoms with van der Waals surface area (Å²) in [5, 5.41) is 3.80. The summed E-state index contributed by atoms with van der Waals surface area (Å²) < 4.78 is 12.1. The van der Waals surface area contributed by atoms with Crippen LogP contribution < -0.4 is 0 Å². The number of benzene rings is 2. The van der Waals surface area contributed by atoms with E-state index in [2.05, 4.69) is 58.4 Å². The van der Waals surface area contributed by atoms with Gasteiger partial charge in [-0.05, 0) is 36.5 Å². The summed E-state index contributed by atoms with van der Waals surface area (Å²) in [6, 6.07) is 20.7. The van der Waals surface area contributed by atoms with Crippen LogP contribution in [-0.4, -0.2) is 43.3 Å². The average Bonchev–Trinajstić information content (AvgIpc) is 2.74. The van der Waals surface area contributed by atoms with Crippen molar-refractivity contribution >= 4 is 0 Å². The lowest BCUT2D eigenvalue weighted by Gasteiger charge is -2.37. The van der Waals surface area contributed by atoms with Crippen molar-refractivity contribution in [3.63, 3.8) is 0 Å². The molecule has 2 aromatic rings. The van der Waals surface area contributed by atoms with Crippen LogP contribution in [0.1, 0.15) is 24.0 Å². The minimum Gasteiger partial charge on any atom is -0.376 e. The Hall–Kier alpha value is -2.37. The Morgan fingerprint density at radius 1 is 1.11 bits per heavy atom. The summed E-state index contributed by atoms with van der Waals surface area (Å²) in [5.41, 5.74) is 11.1. The Bertz CT molecular complexity index is 742. The monoisotopic (exact) mass is 380 g/mol. The molecule has 6 heteroatoms. The van der Waals surface area contributed by atoms with Gasteiger partial charge in [-0.15, -0.1) is 0 Å². The lowest BCUT2D eigenvalue weighted by Crippen LogP contribution is -2.48. The third kappa shape index (κ3) is 6.08. The average molecular weight is 380 g/mol. The van der Waals surface area contributed by atoms with Crippen LogP contribution in [0.4, 0.5) is 0 Å². The molecule has 0 bridgehead atoms. The van der Waals surface area contributed by atoms with Gasteiger partial charge in [0.05, 0.1) is 38.0 Å². The molecule has 148 valence electrons. The molecule has 0 N–H and O–H groups in total. The number of nitrogens with zero attached hydrogens (tertiary/aromatic N) is 4. The van der Waals surface area contributed by atoms with E-state index in [-0.39, 0.29) is 18.2 Å². The molecule has 0 aromatic heterocycles. The number of azide groups is 1. The molecular weight excluding hydrogens is 352 g/mol. The first-order chi connectivity index (χ1) is 13.8. The minimum absolute atomic E-state index is 0.0634. The summed E-state index contributed by atoms with van der Waals surface area (Å²) in [5.74, 6) is 0. The number of hydrogen-bond acceptors (Lipinski definition) is 4. The lowest BCUT2D eigenvalue weighted by molar-refractivity contribution is -0.0716. The molecule has 3 rings (SSSR count). The van der Waals surface area contributed by atoms with Gasteiger partial charge in [0.25, 0.3) is 0 Å². The number of rotatable bonds is 9. The van der Waals surface area contributed by atoms with Crippen LogP contribution in [0, 0.1) is 0 Å². The van der Waals surface area contributed by atoms with E-state index in [1.807, 2.05) is 24.3 Å². The van der Waals surface area contributed by atoms with Gasteiger partial charge in [0, 0.05) is 11.5 Å². The molecule has 0 saturated carbocycles. The second kappa shape index (κ2) is 10.8. The summed E-state index contributed by atoms with van der Waals surface area (Å²) in [6.07, 6.45) is 1.78. The molecule has 2 aromatic carbocycles. The molecule has 3 atom stereocenters. The van der Waals surface area contributed by atoms with Gasteiger partial charge < -0.3 is 9.47 Å². The largest absolute Gasteiger partial charge is 0.376 e. The SMILES string of the molecule is CN(Cc1ccccc1)[C@H](COCc1ccccc1)[C@@H]1CCC(N=[N+]=[N-])CO1. The molecule has 1 unspecified atom stereocenters. The molecule has 28 heavy (non-hydrogen) atoms. The highest BCUT2D eigenvalue weighted by molar-refractivity contribution is 5.15. The molecule has 1 aliphatic heterocycles. The van der Waals surface area contributed by atoms with Gasteiger partial charge in [-0.3, -0.25) is 4.90 Å². The first-order valence-corrected chi connectivity index (χ1v) is 9.78. The Balaban J connectivity index is 1.62. The first kappa shape index (κ1) is 20.4. The van der Waals surface area contributed by atoms with E-state index in [1.54, 1.807) is 0 Å². The summed E-state index contributed by atoms with van der Waals surface area (Å²) >= 11 is 0. The summed E-state index contributed by atoms with van der Waals surface area (Å²) in [7, 11) is 2.12. The van der Waals surface area contributed by atoms with Gasteiger partial charge >= 0.3 is 0 Å². The predicted octanol–water partition coefficient (Wildman–Crippen LogP) is 4.56. The lowest BCUT2D eigenvalue weighted by atomic mass is 9.99.